The zero-order valence-electron chi connectivity index (χ0n) is 9.48. The van der Waals surface area contributed by atoms with Gasteiger partial charge in [-0.1, -0.05) is 12.1 Å². The number of halogens is 1. The molecule has 2 aromatic carbocycles. The molecule has 0 saturated carbocycles. The smallest absolute Gasteiger partial charge is 0.123 e. The van der Waals surface area contributed by atoms with E-state index in [0.29, 0.717) is 12.4 Å². The second-order valence-corrected chi connectivity index (χ2v) is 3.86. The SMILES string of the molecule is Cc1ccc(COc2ccc(F)cc2)cc1O. The van der Waals surface area contributed by atoms with Crippen molar-refractivity contribution in [1.29, 1.82) is 0 Å². The molecule has 0 atom stereocenters. The summed E-state index contributed by atoms with van der Waals surface area (Å²) < 4.78 is 18.1. The van der Waals surface area contributed by atoms with Gasteiger partial charge in [-0.25, -0.2) is 4.39 Å². The summed E-state index contributed by atoms with van der Waals surface area (Å²) >= 11 is 0. The average molecular weight is 232 g/mol. The van der Waals surface area contributed by atoms with Gasteiger partial charge >= 0.3 is 0 Å². The van der Waals surface area contributed by atoms with Gasteiger partial charge in [0.2, 0.25) is 0 Å². The number of phenols is 1. The fourth-order valence-corrected chi connectivity index (χ4v) is 1.44. The lowest BCUT2D eigenvalue weighted by molar-refractivity contribution is 0.305. The molecule has 0 unspecified atom stereocenters. The highest BCUT2D eigenvalue weighted by Crippen LogP contribution is 2.19. The molecule has 0 radical (unpaired) electrons. The molecule has 0 aliphatic carbocycles. The fraction of sp³-hybridized carbons (Fsp3) is 0.143. The second-order valence-electron chi connectivity index (χ2n) is 3.86. The lowest BCUT2D eigenvalue weighted by atomic mass is 10.1. The molecule has 0 saturated heterocycles. The van der Waals surface area contributed by atoms with Gasteiger partial charge in [0.15, 0.2) is 0 Å². The molecule has 0 bridgehead atoms. The Balaban J connectivity index is 2.02. The molecule has 0 aliphatic rings. The van der Waals surface area contributed by atoms with Crippen LogP contribution in [0.4, 0.5) is 4.39 Å². The van der Waals surface area contributed by atoms with Crippen molar-refractivity contribution >= 4 is 0 Å². The predicted octanol–water partition coefficient (Wildman–Crippen LogP) is 3.42. The molecule has 2 rings (SSSR count). The van der Waals surface area contributed by atoms with Gasteiger partial charge in [0.05, 0.1) is 0 Å². The number of hydrogen-bond acceptors (Lipinski definition) is 2. The van der Waals surface area contributed by atoms with Crippen molar-refractivity contribution in [2.24, 2.45) is 0 Å². The first-order chi connectivity index (χ1) is 8.15. The second kappa shape index (κ2) is 4.87. The summed E-state index contributed by atoms with van der Waals surface area (Å²) in [7, 11) is 0. The van der Waals surface area contributed by atoms with Crippen LogP contribution in [0.1, 0.15) is 11.1 Å². The third-order valence-corrected chi connectivity index (χ3v) is 2.49. The quantitative estimate of drug-likeness (QED) is 0.878. The molecule has 0 amide bonds. The fourth-order valence-electron chi connectivity index (χ4n) is 1.44. The summed E-state index contributed by atoms with van der Waals surface area (Å²) in [5, 5.41) is 9.53. The van der Waals surface area contributed by atoms with Crippen molar-refractivity contribution in [3.63, 3.8) is 0 Å². The minimum atomic E-state index is -0.287. The van der Waals surface area contributed by atoms with E-state index in [9.17, 15) is 9.50 Å². The molecule has 88 valence electrons. The van der Waals surface area contributed by atoms with Crippen molar-refractivity contribution in [2.75, 3.05) is 0 Å². The van der Waals surface area contributed by atoms with Gasteiger partial charge in [0.25, 0.3) is 0 Å². The van der Waals surface area contributed by atoms with Crippen LogP contribution in [-0.4, -0.2) is 5.11 Å². The van der Waals surface area contributed by atoms with Gasteiger partial charge in [-0.05, 0) is 48.4 Å². The number of aryl methyl sites for hydroxylation is 1. The first-order valence-electron chi connectivity index (χ1n) is 5.32. The first kappa shape index (κ1) is 11.5. The molecule has 2 nitrogen and oxygen atoms in total. The van der Waals surface area contributed by atoms with Crippen LogP contribution in [-0.2, 0) is 6.61 Å². The summed E-state index contributed by atoms with van der Waals surface area (Å²) in [5.41, 5.74) is 1.70. The zero-order chi connectivity index (χ0) is 12.3. The number of phenolic OH excluding ortho intramolecular Hbond substituents is 1. The summed E-state index contributed by atoms with van der Waals surface area (Å²) in [6.45, 7) is 2.18. The lowest BCUT2D eigenvalue weighted by Crippen LogP contribution is -1.95. The normalized spacial score (nSPS) is 10.2. The number of aromatic hydroxyl groups is 1. The van der Waals surface area contributed by atoms with Gasteiger partial charge in [0.1, 0.15) is 23.9 Å². The molecule has 17 heavy (non-hydrogen) atoms. The molecule has 0 spiro atoms. The van der Waals surface area contributed by atoms with Crippen molar-refractivity contribution in [3.8, 4) is 11.5 Å². The maximum absolute atomic E-state index is 12.7. The van der Waals surface area contributed by atoms with Crippen LogP contribution in [0.5, 0.6) is 11.5 Å². The monoisotopic (exact) mass is 232 g/mol. The van der Waals surface area contributed by atoms with Gasteiger partial charge in [-0.15, -0.1) is 0 Å². The topological polar surface area (TPSA) is 29.5 Å². The van der Waals surface area contributed by atoms with Gasteiger partial charge < -0.3 is 9.84 Å². The van der Waals surface area contributed by atoms with Gasteiger partial charge in [0, 0.05) is 0 Å². The van der Waals surface area contributed by atoms with Crippen molar-refractivity contribution in [1.82, 2.24) is 0 Å². The summed E-state index contributed by atoms with van der Waals surface area (Å²) in [6.07, 6.45) is 0. The van der Waals surface area contributed by atoms with Crippen LogP contribution in [0, 0.1) is 12.7 Å². The maximum atomic E-state index is 12.7. The molecule has 1 N–H and O–H groups in total. The Bertz CT molecular complexity index is 506. The highest BCUT2D eigenvalue weighted by atomic mass is 19.1. The standard InChI is InChI=1S/C14H13FO2/c1-10-2-3-11(8-14(10)16)9-17-13-6-4-12(15)5-7-13/h2-8,16H,9H2,1H3. The Morgan fingerprint density at radius 2 is 1.82 bits per heavy atom. The van der Waals surface area contributed by atoms with Gasteiger partial charge in [-0.2, -0.15) is 0 Å². The van der Waals surface area contributed by atoms with Crippen LogP contribution in [0.3, 0.4) is 0 Å². The molecule has 0 heterocycles. The molecule has 0 aromatic heterocycles. The lowest BCUT2D eigenvalue weighted by Gasteiger charge is -2.07. The van der Waals surface area contributed by atoms with E-state index in [1.807, 2.05) is 19.1 Å². The minimum absolute atomic E-state index is 0.255. The van der Waals surface area contributed by atoms with Crippen LogP contribution in [0.15, 0.2) is 42.5 Å². The van der Waals surface area contributed by atoms with E-state index >= 15 is 0 Å². The summed E-state index contributed by atoms with van der Waals surface area (Å²) in [6, 6.07) is 11.2. The predicted molar refractivity (Wildman–Crippen MR) is 63.6 cm³/mol. The zero-order valence-corrected chi connectivity index (χ0v) is 9.48. The highest BCUT2D eigenvalue weighted by Gasteiger charge is 2.00. The molecule has 0 aliphatic heterocycles. The highest BCUT2D eigenvalue weighted by molar-refractivity contribution is 5.35. The molecular weight excluding hydrogens is 219 g/mol. The third-order valence-electron chi connectivity index (χ3n) is 2.49. The Hall–Kier alpha value is -2.03. The Labute approximate surface area is 99.3 Å². The number of rotatable bonds is 3. The Morgan fingerprint density at radius 3 is 2.47 bits per heavy atom. The van der Waals surface area contributed by atoms with Gasteiger partial charge in [-0.3, -0.25) is 0 Å². The Morgan fingerprint density at radius 1 is 1.12 bits per heavy atom. The molecule has 2 aromatic rings. The average Bonchev–Trinajstić information content (AvgIpc) is 2.33. The molecular formula is C14H13FO2. The summed E-state index contributed by atoms with van der Waals surface area (Å²) in [5.74, 6) is 0.571. The number of benzene rings is 2. The van der Waals surface area contributed by atoms with Crippen LogP contribution < -0.4 is 4.74 Å². The Kier molecular flexibility index (Phi) is 3.28. The van der Waals surface area contributed by atoms with E-state index in [1.54, 1.807) is 18.2 Å². The van der Waals surface area contributed by atoms with E-state index in [4.69, 9.17) is 4.74 Å². The van der Waals surface area contributed by atoms with E-state index in [1.165, 1.54) is 12.1 Å². The third kappa shape index (κ3) is 2.97. The van der Waals surface area contributed by atoms with E-state index in [0.717, 1.165) is 11.1 Å². The van der Waals surface area contributed by atoms with Crippen LogP contribution in [0.2, 0.25) is 0 Å². The van der Waals surface area contributed by atoms with Crippen LogP contribution >= 0.6 is 0 Å². The van der Waals surface area contributed by atoms with Crippen LogP contribution in [0.25, 0.3) is 0 Å². The number of hydrogen-bond donors (Lipinski definition) is 1. The summed E-state index contributed by atoms with van der Waals surface area (Å²) in [4.78, 5) is 0. The van der Waals surface area contributed by atoms with Crippen molar-refractivity contribution in [3.05, 3.63) is 59.4 Å². The van der Waals surface area contributed by atoms with Crippen molar-refractivity contribution in [2.45, 2.75) is 13.5 Å². The molecule has 0 fully saturated rings. The number of ether oxygens (including phenoxy) is 1. The maximum Gasteiger partial charge on any atom is 0.123 e. The largest absolute Gasteiger partial charge is 0.508 e. The minimum Gasteiger partial charge on any atom is -0.508 e. The first-order valence-corrected chi connectivity index (χ1v) is 5.32. The van der Waals surface area contributed by atoms with E-state index in [2.05, 4.69) is 0 Å². The molecule has 3 heteroatoms. The van der Waals surface area contributed by atoms with E-state index < -0.39 is 0 Å². The van der Waals surface area contributed by atoms with E-state index in [-0.39, 0.29) is 11.6 Å². The van der Waals surface area contributed by atoms with Crippen molar-refractivity contribution < 1.29 is 14.2 Å².